The first-order valence-electron chi connectivity index (χ1n) is 6.46. The molecule has 2 amide bonds. The molecule has 112 valence electrons. The van der Waals surface area contributed by atoms with E-state index >= 15 is 0 Å². The lowest BCUT2D eigenvalue weighted by molar-refractivity contribution is 0.0945. The van der Waals surface area contributed by atoms with E-state index in [2.05, 4.69) is 15.6 Å². The van der Waals surface area contributed by atoms with Crippen molar-refractivity contribution in [3.63, 3.8) is 0 Å². The molecule has 4 N–H and O–H groups in total. The summed E-state index contributed by atoms with van der Waals surface area (Å²) in [6, 6.07) is 1.60. The lowest BCUT2D eigenvalue weighted by atomic mass is 10.3. The Kier molecular flexibility index (Phi) is 4.39. The van der Waals surface area contributed by atoms with Crippen LogP contribution in [0.25, 0.3) is 0 Å². The zero-order chi connectivity index (χ0) is 15.4. The Labute approximate surface area is 121 Å². The molecule has 8 nitrogen and oxygen atoms in total. The minimum atomic E-state index is -0.331. The third kappa shape index (κ3) is 3.29. The van der Waals surface area contributed by atoms with Crippen molar-refractivity contribution in [3.8, 4) is 0 Å². The number of aromatic nitrogens is 3. The Bertz CT molecular complexity index is 657. The summed E-state index contributed by atoms with van der Waals surface area (Å²) >= 11 is 0. The van der Waals surface area contributed by atoms with Gasteiger partial charge in [-0.05, 0) is 6.07 Å². The van der Waals surface area contributed by atoms with Crippen LogP contribution in [0.15, 0.2) is 24.7 Å². The molecular formula is C13H18N6O2. The molecule has 8 heteroatoms. The monoisotopic (exact) mass is 290 g/mol. The average molecular weight is 290 g/mol. The molecule has 2 heterocycles. The Morgan fingerprint density at radius 3 is 2.67 bits per heavy atom. The Balaban J connectivity index is 2.10. The first-order chi connectivity index (χ1) is 10.0. The molecule has 2 aromatic heterocycles. The summed E-state index contributed by atoms with van der Waals surface area (Å²) < 4.78 is 3.26. The summed E-state index contributed by atoms with van der Waals surface area (Å²) in [5, 5.41) is 5.39. The van der Waals surface area contributed by atoms with Crippen molar-refractivity contribution in [2.45, 2.75) is 0 Å². The van der Waals surface area contributed by atoms with E-state index in [4.69, 9.17) is 5.73 Å². The lowest BCUT2D eigenvalue weighted by Gasteiger charge is -2.03. The number of anilines is 1. The van der Waals surface area contributed by atoms with Crippen LogP contribution in [-0.2, 0) is 14.1 Å². The molecule has 0 bridgehead atoms. The van der Waals surface area contributed by atoms with Crippen molar-refractivity contribution in [2.24, 2.45) is 19.8 Å². The van der Waals surface area contributed by atoms with E-state index in [1.54, 1.807) is 47.9 Å². The highest BCUT2D eigenvalue weighted by Gasteiger charge is 2.15. The highest BCUT2D eigenvalue weighted by molar-refractivity contribution is 6.03. The quantitative estimate of drug-likeness (QED) is 0.702. The molecule has 0 spiro atoms. The van der Waals surface area contributed by atoms with E-state index in [1.165, 1.54) is 0 Å². The van der Waals surface area contributed by atoms with E-state index in [-0.39, 0.29) is 11.8 Å². The predicted octanol–water partition coefficient (Wildman–Crippen LogP) is -0.301. The van der Waals surface area contributed by atoms with Gasteiger partial charge in [0, 0.05) is 45.8 Å². The fraction of sp³-hybridized carbons (Fsp3) is 0.308. The van der Waals surface area contributed by atoms with Crippen molar-refractivity contribution in [1.29, 1.82) is 0 Å². The van der Waals surface area contributed by atoms with Gasteiger partial charge in [0.15, 0.2) is 5.82 Å². The first kappa shape index (κ1) is 14.8. The van der Waals surface area contributed by atoms with E-state index in [0.29, 0.717) is 30.3 Å². The molecule has 0 fully saturated rings. The van der Waals surface area contributed by atoms with Gasteiger partial charge in [0.25, 0.3) is 11.8 Å². The second-order valence-electron chi connectivity index (χ2n) is 4.59. The largest absolute Gasteiger partial charge is 0.349 e. The highest BCUT2D eigenvalue weighted by Crippen LogP contribution is 2.13. The Morgan fingerprint density at radius 2 is 2.05 bits per heavy atom. The van der Waals surface area contributed by atoms with Gasteiger partial charge in [-0.3, -0.25) is 9.59 Å². The third-order valence-electron chi connectivity index (χ3n) is 2.95. The second kappa shape index (κ2) is 6.23. The maximum atomic E-state index is 12.0. The molecule has 0 aliphatic heterocycles. The number of hydrogen-bond donors (Lipinski definition) is 3. The van der Waals surface area contributed by atoms with Crippen LogP contribution in [0.5, 0.6) is 0 Å². The molecule has 0 aliphatic rings. The number of rotatable bonds is 5. The number of carbonyl (C=O) groups is 2. The van der Waals surface area contributed by atoms with Crippen molar-refractivity contribution in [3.05, 3.63) is 36.2 Å². The molecule has 2 rings (SSSR count). The van der Waals surface area contributed by atoms with Crippen LogP contribution in [-0.4, -0.2) is 39.0 Å². The van der Waals surface area contributed by atoms with Crippen LogP contribution in [0, 0.1) is 0 Å². The van der Waals surface area contributed by atoms with Gasteiger partial charge in [0.2, 0.25) is 0 Å². The molecular weight excluding hydrogens is 272 g/mol. The van der Waals surface area contributed by atoms with Crippen LogP contribution < -0.4 is 16.4 Å². The van der Waals surface area contributed by atoms with Crippen molar-refractivity contribution < 1.29 is 9.59 Å². The highest BCUT2D eigenvalue weighted by atomic mass is 16.2. The van der Waals surface area contributed by atoms with E-state index in [0.717, 1.165) is 0 Å². The minimum absolute atomic E-state index is 0.236. The number of nitrogens with one attached hydrogen (secondary N) is 2. The van der Waals surface area contributed by atoms with Gasteiger partial charge >= 0.3 is 0 Å². The maximum Gasteiger partial charge on any atom is 0.291 e. The number of nitrogens with two attached hydrogens (primary N) is 1. The van der Waals surface area contributed by atoms with Gasteiger partial charge < -0.3 is 25.5 Å². The van der Waals surface area contributed by atoms with Crippen LogP contribution in [0.4, 0.5) is 5.69 Å². The van der Waals surface area contributed by atoms with Crippen molar-refractivity contribution in [1.82, 2.24) is 19.4 Å². The van der Waals surface area contributed by atoms with Crippen LogP contribution in [0.3, 0.4) is 0 Å². The molecule has 21 heavy (non-hydrogen) atoms. The molecule has 0 saturated carbocycles. The van der Waals surface area contributed by atoms with Gasteiger partial charge in [-0.25, -0.2) is 4.98 Å². The van der Waals surface area contributed by atoms with Crippen molar-refractivity contribution in [2.75, 3.05) is 18.4 Å². The molecule has 0 unspecified atom stereocenters. The second-order valence-corrected chi connectivity index (χ2v) is 4.59. The Hall–Kier alpha value is -2.61. The molecule has 0 radical (unpaired) electrons. The summed E-state index contributed by atoms with van der Waals surface area (Å²) in [4.78, 5) is 27.9. The smallest absolute Gasteiger partial charge is 0.291 e. The number of imidazole rings is 1. The molecule has 0 atom stereocenters. The number of nitrogens with zero attached hydrogens (tertiary/aromatic N) is 3. The Morgan fingerprint density at radius 1 is 1.29 bits per heavy atom. The average Bonchev–Trinajstić information content (AvgIpc) is 3.02. The first-order valence-corrected chi connectivity index (χ1v) is 6.46. The van der Waals surface area contributed by atoms with Crippen LogP contribution in [0.2, 0.25) is 0 Å². The SMILES string of the molecule is Cn1cc(NC(=O)c2nccn2C)cc1C(=O)NCCN. The number of hydrogen-bond acceptors (Lipinski definition) is 4. The summed E-state index contributed by atoms with van der Waals surface area (Å²) in [6.45, 7) is 0.776. The standard InChI is InChI=1S/C13H18N6O2/c1-18-6-5-15-11(18)13(21)17-9-7-10(19(2)8-9)12(20)16-4-3-14/h5-8H,3-4,14H2,1-2H3,(H,16,20)(H,17,21). The van der Waals surface area contributed by atoms with Gasteiger partial charge in [-0.15, -0.1) is 0 Å². The van der Waals surface area contributed by atoms with Crippen molar-refractivity contribution >= 4 is 17.5 Å². The van der Waals surface area contributed by atoms with Crippen LogP contribution in [0.1, 0.15) is 21.1 Å². The topological polar surface area (TPSA) is 107 Å². The van der Waals surface area contributed by atoms with Gasteiger partial charge in [0.1, 0.15) is 5.69 Å². The van der Waals surface area contributed by atoms with E-state index < -0.39 is 0 Å². The fourth-order valence-corrected chi connectivity index (χ4v) is 1.91. The predicted molar refractivity (Wildman–Crippen MR) is 78.0 cm³/mol. The third-order valence-corrected chi connectivity index (χ3v) is 2.95. The fourth-order valence-electron chi connectivity index (χ4n) is 1.91. The summed E-state index contributed by atoms with van der Waals surface area (Å²) in [6.07, 6.45) is 4.90. The minimum Gasteiger partial charge on any atom is -0.349 e. The maximum absolute atomic E-state index is 12.0. The van der Waals surface area contributed by atoms with Gasteiger partial charge in [-0.2, -0.15) is 0 Å². The molecule has 0 saturated heterocycles. The van der Waals surface area contributed by atoms with Crippen LogP contribution >= 0.6 is 0 Å². The lowest BCUT2D eigenvalue weighted by Crippen LogP contribution is -2.30. The summed E-state index contributed by atoms with van der Waals surface area (Å²) in [7, 11) is 3.46. The number of aryl methyl sites for hydroxylation is 2. The van der Waals surface area contributed by atoms with Gasteiger partial charge in [-0.1, -0.05) is 0 Å². The normalized spacial score (nSPS) is 10.4. The zero-order valence-electron chi connectivity index (χ0n) is 12.0. The number of amides is 2. The molecule has 2 aromatic rings. The van der Waals surface area contributed by atoms with E-state index in [1.807, 2.05) is 0 Å². The van der Waals surface area contributed by atoms with E-state index in [9.17, 15) is 9.59 Å². The number of carbonyl (C=O) groups excluding carboxylic acids is 2. The van der Waals surface area contributed by atoms with Gasteiger partial charge in [0.05, 0.1) is 5.69 Å². The summed E-state index contributed by atoms with van der Waals surface area (Å²) in [5.74, 6) is -0.268. The molecule has 0 aromatic carbocycles. The summed E-state index contributed by atoms with van der Waals surface area (Å²) in [5.41, 5.74) is 6.32. The molecule has 0 aliphatic carbocycles. The zero-order valence-corrected chi connectivity index (χ0v) is 12.0.